The van der Waals surface area contributed by atoms with Crippen LogP contribution < -0.4 is 9.47 Å². The lowest BCUT2D eigenvalue weighted by atomic mass is 9.98. The fourth-order valence-electron chi connectivity index (χ4n) is 4.26. The third-order valence-electron chi connectivity index (χ3n) is 6.52. The van der Waals surface area contributed by atoms with Gasteiger partial charge in [0, 0.05) is 11.1 Å². The predicted molar refractivity (Wildman–Crippen MR) is 147 cm³/mol. The van der Waals surface area contributed by atoms with E-state index in [2.05, 4.69) is 6.92 Å². The zero-order valence-corrected chi connectivity index (χ0v) is 21.9. The molecule has 0 aliphatic rings. The van der Waals surface area contributed by atoms with E-state index in [9.17, 15) is 13.2 Å². The number of halogens is 3. The molecule has 0 spiro atoms. The Morgan fingerprint density at radius 3 is 1.84 bits per heavy atom. The van der Waals surface area contributed by atoms with Crippen molar-refractivity contribution in [2.75, 3.05) is 6.61 Å². The average molecular weight is 519 g/mol. The number of rotatable bonds is 12. The van der Waals surface area contributed by atoms with Crippen molar-refractivity contribution in [1.82, 2.24) is 0 Å². The maximum absolute atomic E-state index is 14.9. The molecular weight excluding hydrogens is 485 g/mol. The molecule has 0 saturated heterocycles. The van der Waals surface area contributed by atoms with Gasteiger partial charge in [0.25, 0.3) is 0 Å². The van der Waals surface area contributed by atoms with Crippen molar-refractivity contribution in [3.63, 3.8) is 0 Å². The van der Waals surface area contributed by atoms with Crippen molar-refractivity contribution < 1.29 is 22.6 Å². The van der Waals surface area contributed by atoms with Crippen molar-refractivity contribution in [3.8, 4) is 33.8 Å². The van der Waals surface area contributed by atoms with Gasteiger partial charge in [-0.15, -0.1) is 0 Å². The highest BCUT2D eigenvalue weighted by atomic mass is 19.2. The van der Waals surface area contributed by atoms with Crippen LogP contribution in [0.15, 0.2) is 78.9 Å². The Kier molecular flexibility index (Phi) is 9.47. The number of ether oxygens (including phenoxy) is 2. The molecule has 0 N–H and O–H groups in total. The van der Waals surface area contributed by atoms with Crippen LogP contribution >= 0.6 is 0 Å². The van der Waals surface area contributed by atoms with Gasteiger partial charge in [0.15, 0.2) is 23.2 Å². The summed E-state index contributed by atoms with van der Waals surface area (Å²) in [4.78, 5) is 0. The second-order valence-electron chi connectivity index (χ2n) is 9.50. The number of aryl methyl sites for hydroxylation is 1. The Hall–Kier alpha value is -3.73. The van der Waals surface area contributed by atoms with Crippen LogP contribution in [-0.2, 0) is 6.61 Å². The molecule has 0 saturated carbocycles. The molecule has 0 amide bonds. The smallest absolute Gasteiger partial charge is 0.167 e. The Balaban J connectivity index is 1.35. The summed E-state index contributed by atoms with van der Waals surface area (Å²) in [5, 5.41) is 0. The lowest BCUT2D eigenvalue weighted by Crippen LogP contribution is -2.01. The standard InChI is InChI=1S/C33H33F3O2/c1-3-4-5-6-7-20-37-31-19-10-24(21-30(31)34)22-38-27-15-13-26(14-16-27)29-18-17-28(32(35)33(29)36)25-11-8-23(2)9-12-25/h8-19,21H,3-7,20,22H2,1-2H3. The van der Waals surface area contributed by atoms with Crippen LogP contribution in [-0.4, -0.2) is 6.61 Å². The number of hydrogen-bond donors (Lipinski definition) is 0. The van der Waals surface area contributed by atoms with Crippen LogP contribution in [0, 0.1) is 24.4 Å². The van der Waals surface area contributed by atoms with Crippen molar-refractivity contribution in [1.29, 1.82) is 0 Å². The minimum Gasteiger partial charge on any atom is -0.491 e. The summed E-state index contributed by atoms with van der Waals surface area (Å²) in [6.07, 6.45) is 5.56. The molecule has 4 rings (SSSR count). The molecule has 0 bridgehead atoms. The van der Waals surface area contributed by atoms with Gasteiger partial charge < -0.3 is 9.47 Å². The molecule has 4 aromatic carbocycles. The highest BCUT2D eigenvalue weighted by molar-refractivity contribution is 5.72. The van der Waals surface area contributed by atoms with E-state index in [1.807, 2.05) is 19.1 Å². The Labute approximate surface area is 223 Å². The molecule has 0 heterocycles. The fourth-order valence-corrected chi connectivity index (χ4v) is 4.26. The van der Waals surface area contributed by atoms with E-state index < -0.39 is 17.5 Å². The second-order valence-corrected chi connectivity index (χ2v) is 9.50. The average Bonchev–Trinajstić information content (AvgIpc) is 2.93. The van der Waals surface area contributed by atoms with Crippen LogP contribution in [0.4, 0.5) is 13.2 Å². The summed E-state index contributed by atoms with van der Waals surface area (Å²) >= 11 is 0. The highest BCUT2D eigenvalue weighted by Gasteiger charge is 2.16. The topological polar surface area (TPSA) is 18.5 Å². The molecule has 0 aliphatic heterocycles. The first-order valence-corrected chi connectivity index (χ1v) is 13.2. The van der Waals surface area contributed by atoms with E-state index in [0.717, 1.165) is 18.4 Å². The van der Waals surface area contributed by atoms with Crippen molar-refractivity contribution >= 4 is 0 Å². The van der Waals surface area contributed by atoms with Crippen LogP contribution in [0.25, 0.3) is 22.3 Å². The Bertz CT molecular complexity index is 1330. The van der Waals surface area contributed by atoms with Gasteiger partial charge in [0.2, 0.25) is 0 Å². The first kappa shape index (κ1) is 27.3. The van der Waals surface area contributed by atoms with E-state index in [4.69, 9.17) is 9.47 Å². The number of benzene rings is 4. The Morgan fingerprint density at radius 2 is 1.24 bits per heavy atom. The molecule has 0 atom stereocenters. The third kappa shape index (κ3) is 6.97. The van der Waals surface area contributed by atoms with Gasteiger partial charge in [-0.1, -0.05) is 92.8 Å². The van der Waals surface area contributed by atoms with E-state index in [0.29, 0.717) is 29.0 Å². The fraction of sp³-hybridized carbons (Fsp3) is 0.273. The van der Waals surface area contributed by atoms with Gasteiger partial charge in [0.1, 0.15) is 12.4 Å². The van der Waals surface area contributed by atoms with E-state index in [-0.39, 0.29) is 23.5 Å². The molecular formula is C33H33F3O2. The molecule has 0 fully saturated rings. The molecule has 198 valence electrons. The molecule has 0 aliphatic carbocycles. The quantitative estimate of drug-likeness (QED) is 0.174. The summed E-state index contributed by atoms with van der Waals surface area (Å²) in [6, 6.07) is 22.0. The van der Waals surface area contributed by atoms with Crippen LogP contribution in [0.2, 0.25) is 0 Å². The molecule has 0 unspecified atom stereocenters. The van der Waals surface area contributed by atoms with Gasteiger partial charge in [-0.05, 0) is 54.3 Å². The number of unbranched alkanes of at least 4 members (excludes halogenated alkanes) is 4. The Morgan fingerprint density at radius 1 is 0.632 bits per heavy atom. The first-order chi connectivity index (χ1) is 18.5. The summed E-state index contributed by atoms with van der Waals surface area (Å²) in [5.74, 6) is -1.40. The van der Waals surface area contributed by atoms with Gasteiger partial charge >= 0.3 is 0 Å². The maximum Gasteiger partial charge on any atom is 0.167 e. The second kappa shape index (κ2) is 13.2. The SMILES string of the molecule is CCCCCCCOc1ccc(COc2ccc(-c3ccc(-c4ccc(C)cc4)c(F)c3F)cc2)cc1F. The molecule has 2 nitrogen and oxygen atoms in total. The monoisotopic (exact) mass is 518 g/mol. The predicted octanol–water partition coefficient (Wildman–Crippen LogP) is 9.67. The van der Waals surface area contributed by atoms with E-state index in [1.165, 1.54) is 25.3 Å². The van der Waals surface area contributed by atoms with Crippen LogP contribution in [0.3, 0.4) is 0 Å². The summed E-state index contributed by atoms with van der Waals surface area (Å²) in [5.41, 5.74) is 3.27. The van der Waals surface area contributed by atoms with E-state index >= 15 is 0 Å². The van der Waals surface area contributed by atoms with Gasteiger partial charge in [0.05, 0.1) is 6.61 Å². The van der Waals surface area contributed by atoms with E-state index in [1.54, 1.807) is 60.7 Å². The molecule has 0 radical (unpaired) electrons. The van der Waals surface area contributed by atoms with Crippen LogP contribution in [0.5, 0.6) is 11.5 Å². The molecule has 38 heavy (non-hydrogen) atoms. The minimum absolute atomic E-state index is 0.168. The lowest BCUT2D eigenvalue weighted by molar-refractivity contribution is 0.287. The van der Waals surface area contributed by atoms with Crippen LogP contribution in [0.1, 0.15) is 50.2 Å². The summed E-state index contributed by atoms with van der Waals surface area (Å²) < 4.78 is 55.6. The zero-order chi connectivity index (χ0) is 26.9. The summed E-state index contributed by atoms with van der Waals surface area (Å²) in [6.45, 7) is 4.78. The zero-order valence-electron chi connectivity index (χ0n) is 21.9. The normalized spacial score (nSPS) is 11.0. The van der Waals surface area contributed by atoms with Gasteiger partial charge in [-0.2, -0.15) is 0 Å². The first-order valence-electron chi connectivity index (χ1n) is 13.2. The van der Waals surface area contributed by atoms with Crippen molar-refractivity contribution in [2.45, 2.75) is 52.6 Å². The maximum atomic E-state index is 14.9. The highest BCUT2D eigenvalue weighted by Crippen LogP contribution is 2.32. The molecule has 5 heteroatoms. The number of hydrogen-bond acceptors (Lipinski definition) is 2. The largest absolute Gasteiger partial charge is 0.491 e. The van der Waals surface area contributed by atoms with Crippen molar-refractivity contribution in [2.24, 2.45) is 0 Å². The van der Waals surface area contributed by atoms with Gasteiger partial charge in [-0.25, -0.2) is 13.2 Å². The molecule has 4 aromatic rings. The summed E-state index contributed by atoms with van der Waals surface area (Å²) in [7, 11) is 0. The lowest BCUT2D eigenvalue weighted by Gasteiger charge is -2.11. The molecule has 0 aromatic heterocycles. The third-order valence-corrected chi connectivity index (χ3v) is 6.52. The van der Waals surface area contributed by atoms with Gasteiger partial charge in [-0.3, -0.25) is 0 Å². The van der Waals surface area contributed by atoms with Crippen molar-refractivity contribution in [3.05, 3.63) is 107 Å². The minimum atomic E-state index is -0.893.